The first-order valence-corrected chi connectivity index (χ1v) is 4.81. The van der Waals surface area contributed by atoms with Gasteiger partial charge in [0.2, 0.25) is 0 Å². The van der Waals surface area contributed by atoms with Crippen LogP contribution in [-0.2, 0) is 9.53 Å². The molecule has 0 bridgehead atoms. The molecule has 1 saturated carbocycles. The van der Waals surface area contributed by atoms with Crippen LogP contribution in [0.1, 0.15) is 19.8 Å². The lowest BCUT2D eigenvalue weighted by Gasteiger charge is -2.51. The zero-order chi connectivity index (χ0) is 9.31. The highest BCUT2D eigenvalue weighted by Gasteiger charge is 2.45. The number of carbonyl (C=O) groups excluding carboxylic acids is 1. The fourth-order valence-corrected chi connectivity index (χ4v) is 2.09. The minimum Gasteiger partial charge on any atom is -0.463 e. The van der Waals surface area contributed by atoms with Gasteiger partial charge in [-0.05, 0) is 19.8 Å². The Kier molecular flexibility index (Phi) is 2.12. The summed E-state index contributed by atoms with van der Waals surface area (Å²) < 4.78 is 4.84. The van der Waals surface area contributed by atoms with E-state index in [-0.39, 0.29) is 5.97 Å². The zero-order valence-corrected chi connectivity index (χ0v) is 7.93. The number of hydrogen-bond donors (Lipinski definition) is 1. The SMILES string of the molecule is CCOC(=O)C=C1CC2(CNC2)C1. The second-order valence-corrected chi connectivity index (χ2v) is 4.01. The van der Waals surface area contributed by atoms with Crippen molar-refractivity contribution >= 4 is 5.97 Å². The van der Waals surface area contributed by atoms with E-state index in [0.29, 0.717) is 12.0 Å². The summed E-state index contributed by atoms with van der Waals surface area (Å²) in [5.41, 5.74) is 1.76. The summed E-state index contributed by atoms with van der Waals surface area (Å²) in [4.78, 5) is 11.0. The van der Waals surface area contributed by atoms with Crippen LogP contribution >= 0.6 is 0 Å². The smallest absolute Gasteiger partial charge is 0.330 e. The molecule has 0 unspecified atom stereocenters. The van der Waals surface area contributed by atoms with Gasteiger partial charge >= 0.3 is 5.97 Å². The molecule has 3 nitrogen and oxygen atoms in total. The van der Waals surface area contributed by atoms with Gasteiger partial charge in [0.25, 0.3) is 0 Å². The number of rotatable bonds is 2. The number of nitrogens with one attached hydrogen (secondary N) is 1. The van der Waals surface area contributed by atoms with E-state index in [1.165, 1.54) is 5.57 Å². The van der Waals surface area contributed by atoms with Gasteiger partial charge in [-0.1, -0.05) is 5.57 Å². The average molecular weight is 181 g/mol. The Bertz CT molecular complexity index is 244. The molecule has 2 aliphatic rings. The van der Waals surface area contributed by atoms with Crippen LogP contribution in [-0.4, -0.2) is 25.7 Å². The van der Waals surface area contributed by atoms with E-state index in [4.69, 9.17) is 4.74 Å². The lowest BCUT2D eigenvalue weighted by molar-refractivity contribution is -0.137. The van der Waals surface area contributed by atoms with Crippen LogP contribution in [0.3, 0.4) is 0 Å². The molecular formula is C10H15NO2. The molecule has 1 aliphatic carbocycles. The van der Waals surface area contributed by atoms with Gasteiger partial charge in [0.05, 0.1) is 6.61 Å². The molecule has 2 fully saturated rings. The summed E-state index contributed by atoms with van der Waals surface area (Å²) >= 11 is 0. The molecule has 1 heterocycles. The highest BCUT2D eigenvalue weighted by atomic mass is 16.5. The highest BCUT2D eigenvalue weighted by Crippen LogP contribution is 2.47. The Morgan fingerprint density at radius 2 is 2.31 bits per heavy atom. The van der Waals surface area contributed by atoms with Gasteiger partial charge in [0.15, 0.2) is 0 Å². The van der Waals surface area contributed by atoms with E-state index in [2.05, 4.69) is 5.32 Å². The van der Waals surface area contributed by atoms with Crippen LogP contribution in [0.5, 0.6) is 0 Å². The maximum atomic E-state index is 11.0. The lowest BCUT2D eigenvalue weighted by atomic mass is 9.62. The van der Waals surface area contributed by atoms with E-state index < -0.39 is 0 Å². The van der Waals surface area contributed by atoms with Gasteiger partial charge in [-0.2, -0.15) is 0 Å². The molecule has 1 N–H and O–H groups in total. The minimum absolute atomic E-state index is 0.181. The number of allylic oxidation sites excluding steroid dienone is 1. The summed E-state index contributed by atoms with van der Waals surface area (Å²) in [6, 6.07) is 0. The normalized spacial score (nSPS) is 23.3. The molecule has 0 aromatic heterocycles. The van der Waals surface area contributed by atoms with Crippen molar-refractivity contribution in [1.29, 1.82) is 0 Å². The van der Waals surface area contributed by atoms with Crippen LogP contribution in [0.4, 0.5) is 0 Å². The first-order chi connectivity index (χ1) is 6.24. The third kappa shape index (κ3) is 1.61. The van der Waals surface area contributed by atoms with Crippen LogP contribution in [0.15, 0.2) is 11.6 Å². The predicted octanol–water partition coefficient (Wildman–Crippen LogP) is 0.859. The van der Waals surface area contributed by atoms with Gasteiger partial charge in [-0.15, -0.1) is 0 Å². The third-order valence-electron chi connectivity index (χ3n) is 2.81. The fourth-order valence-electron chi connectivity index (χ4n) is 2.09. The van der Waals surface area contributed by atoms with Gasteiger partial charge in [-0.3, -0.25) is 0 Å². The number of esters is 1. The lowest BCUT2D eigenvalue weighted by Crippen LogP contribution is -2.58. The molecule has 0 aromatic carbocycles. The molecule has 1 aliphatic heterocycles. The van der Waals surface area contributed by atoms with Crippen molar-refractivity contribution in [1.82, 2.24) is 5.32 Å². The topological polar surface area (TPSA) is 38.3 Å². The molecule has 1 saturated heterocycles. The second-order valence-electron chi connectivity index (χ2n) is 4.01. The van der Waals surface area contributed by atoms with E-state index >= 15 is 0 Å². The van der Waals surface area contributed by atoms with E-state index in [0.717, 1.165) is 25.9 Å². The molecular weight excluding hydrogens is 166 g/mol. The van der Waals surface area contributed by atoms with E-state index in [1.807, 2.05) is 6.92 Å². The van der Waals surface area contributed by atoms with Crippen molar-refractivity contribution in [3.63, 3.8) is 0 Å². The van der Waals surface area contributed by atoms with Crippen molar-refractivity contribution in [2.45, 2.75) is 19.8 Å². The summed E-state index contributed by atoms with van der Waals surface area (Å²) in [7, 11) is 0. The maximum Gasteiger partial charge on any atom is 0.330 e. The first kappa shape index (κ1) is 8.75. The predicted molar refractivity (Wildman–Crippen MR) is 49.3 cm³/mol. The minimum atomic E-state index is -0.181. The molecule has 1 spiro atoms. The van der Waals surface area contributed by atoms with Crippen molar-refractivity contribution in [3.05, 3.63) is 11.6 Å². The Labute approximate surface area is 78.1 Å². The van der Waals surface area contributed by atoms with Crippen LogP contribution in [0, 0.1) is 5.41 Å². The zero-order valence-electron chi connectivity index (χ0n) is 7.93. The number of hydrogen-bond acceptors (Lipinski definition) is 3. The van der Waals surface area contributed by atoms with Gasteiger partial charge in [-0.25, -0.2) is 4.79 Å². The third-order valence-corrected chi connectivity index (χ3v) is 2.81. The van der Waals surface area contributed by atoms with Crippen LogP contribution in [0.25, 0.3) is 0 Å². The van der Waals surface area contributed by atoms with Crippen molar-refractivity contribution in [3.8, 4) is 0 Å². The molecule has 0 radical (unpaired) electrons. The Morgan fingerprint density at radius 3 is 2.77 bits per heavy atom. The van der Waals surface area contributed by atoms with Crippen LogP contribution in [0.2, 0.25) is 0 Å². The Balaban J connectivity index is 1.81. The first-order valence-electron chi connectivity index (χ1n) is 4.81. The second kappa shape index (κ2) is 3.14. The largest absolute Gasteiger partial charge is 0.463 e. The van der Waals surface area contributed by atoms with Crippen LogP contribution < -0.4 is 5.32 Å². The quantitative estimate of drug-likeness (QED) is 0.507. The van der Waals surface area contributed by atoms with Crippen molar-refractivity contribution in [2.75, 3.05) is 19.7 Å². The summed E-state index contributed by atoms with van der Waals surface area (Å²) in [6.45, 7) is 4.53. The molecule has 72 valence electrons. The van der Waals surface area contributed by atoms with Crippen molar-refractivity contribution in [2.24, 2.45) is 5.41 Å². The summed E-state index contributed by atoms with van der Waals surface area (Å²) in [5.74, 6) is -0.181. The van der Waals surface area contributed by atoms with Gasteiger partial charge < -0.3 is 10.1 Å². The molecule has 0 atom stereocenters. The number of ether oxygens (including phenoxy) is 1. The molecule has 3 heteroatoms. The average Bonchev–Trinajstić information content (AvgIpc) is 1.92. The summed E-state index contributed by atoms with van der Waals surface area (Å²) in [5, 5.41) is 3.26. The number of carbonyl (C=O) groups is 1. The van der Waals surface area contributed by atoms with E-state index in [1.54, 1.807) is 6.08 Å². The summed E-state index contributed by atoms with van der Waals surface area (Å²) in [6.07, 6.45) is 3.82. The molecule has 13 heavy (non-hydrogen) atoms. The van der Waals surface area contributed by atoms with Crippen molar-refractivity contribution < 1.29 is 9.53 Å². The molecule has 0 aromatic rings. The van der Waals surface area contributed by atoms with Gasteiger partial charge in [0.1, 0.15) is 0 Å². The fraction of sp³-hybridized carbons (Fsp3) is 0.700. The molecule has 2 rings (SSSR count). The highest BCUT2D eigenvalue weighted by molar-refractivity contribution is 5.83. The molecule has 0 amide bonds. The maximum absolute atomic E-state index is 11.0. The van der Waals surface area contributed by atoms with E-state index in [9.17, 15) is 4.79 Å². The monoisotopic (exact) mass is 181 g/mol. The van der Waals surface area contributed by atoms with Gasteiger partial charge in [0, 0.05) is 24.6 Å². The Hall–Kier alpha value is -0.830. The Morgan fingerprint density at radius 1 is 1.62 bits per heavy atom. The standard InChI is InChI=1S/C10H15NO2/c1-2-13-9(12)3-8-4-10(5-8)6-11-7-10/h3,11H,2,4-7H2,1H3.